The van der Waals surface area contributed by atoms with Crippen molar-refractivity contribution in [3.8, 4) is 22.5 Å². The lowest BCUT2D eigenvalue weighted by Crippen LogP contribution is -2.18. The van der Waals surface area contributed by atoms with Gasteiger partial charge in [-0.25, -0.2) is 0 Å². The van der Waals surface area contributed by atoms with Gasteiger partial charge < -0.3 is 18.9 Å². The minimum atomic E-state index is 1.03. The highest BCUT2D eigenvalue weighted by Gasteiger charge is 2.20. The molecule has 0 atom stereocenters. The number of aromatic nitrogens is 2. The number of benzene rings is 8. The Hall–Kier alpha value is -7.82. The first-order valence-corrected chi connectivity index (χ1v) is 22.8. The Morgan fingerprint density at radius 3 is 1.14 bits per heavy atom. The van der Waals surface area contributed by atoms with Crippen LogP contribution >= 0.6 is 0 Å². The SMILES string of the molecule is C1=CC(N(c2ccc(-c3ccc(N(C4=CCCCC4)c4ccc(-n5c6ccccc6c6ccccc65)cc4)cc3)cc2)c2ccc(-n3c4ccccc4c4ccccc43)cc2)=CCC1. The predicted octanol–water partition coefficient (Wildman–Crippen LogP) is 16.5. The summed E-state index contributed by atoms with van der Waals surface area (Å²) in [6, 6.07) is 71.3. The molecule has 2 aromatic heterocycles. The van der Waals surface area contributed by atoms with Gasteiger partial charge in [-0.2, -0.15) is 0 Å². The molecule has 0 saturated carbocycles. The highest BCUT2D eigenvalue weighted by molar-refractivity contribution is 6.10. The summed E-state index contributed by atoms with van der Waals surface area (Å²) in [6.45, 7) is 0. The number of anilines is 4. The van der Waals surface area contributed by atoms with Crippen LogP contribution in [0.15, 0.2) is 230 Å². The predicted molar refractivity (Wildman–Crippen MR) is 271 cm³/mol. The van der Waals surface area contributed by atoms with E-state index in [1.54, 1.807) is 0 Å². The topological polar surface area (TPSA) is 16.3 Å². The summed E-state index contributed by atoms with van der Waals surface area (Å²) in [5.74, 6) is 0. The molecule has 10 aromatic rings. The van der Waals surface area contributed by atoms with Crippen molar-refractivity contribution in [2.45, 2.75) is 38.5 Å². The molecule has 0 amide bonds. The second-order valence-corrected chi connectivity index (χ2v) is 17.1. The van der Waals surface area contributed by atoms with E-state index >= 15 is 0 Å². The molecule has 0 spiro atoms. The van der Waals surface area contributed by atoms with Gasteiger partial charge in [-0.3, -0.25) is 0 Å². The summed E-state index contributed by atoms with van der Waals surface area (Å²) in [4.78, 5) is 4.86. The lowest BCUT2D eigenvalue weighted by atomic mass is 10.0. The van der Waals surface area contributed by atoms with Crippen LogP contribution in [-0.2, 0) is 0 Å². The van der Waals surface area contributed by atoms with E-state index in [1.165, 1.54) is 96.0 Å². The molecule has 0 bridgehead atoms. The first-order chi connectivity index (χ1) is 31.8. The van der Waals surface area contributed by atoms with Gasteiger partial charge in [-0.15, -0.1) is 0 Å². The van der Waals surface area contributed by atoms with E-state index in [-0.39, 0.29) is 0 Å². The lowest BCUT2D eigenvalue weighted by Gasteiger charge is -2.30. The van der Waals surface area contributed by atoms with E-state index in [9.17, 15) is 0 Å². The minimum Gasteiger partial charge on any atom is -0.315 e. The maximum Gasteiger partial charge on any atom is 0.0541 e. The first-order valence-electron chi connectivity index (χ1n) is 22.8. The van der Waals surface area contributed by atoms with Gasteiger partial charge in [0.25, 0.3) is 0 Å². The van der Waals surface area contributed by atoms with Gasteiger partial charge in [0.1, 0.15) is 0 Å². The van der Waals surface area contributed by atoms with Crippen molar-refractivity contribution in [2.24, 2.45) is 0 Å². The molecule has 0 fully saturated rings. The fourth-order valence-electron chi connectivity index (χ4n) is 10.2. The van der Waals surface area contributed by atoms with E-state index < -0.39 is 0 Å². The Balaban J connectivity index is 0.843. The molecule has 0 N–H and O–H groups in total. The number of allylic oxidation sites excluding steroid dienone is 5. The van der Waals surface area contributed by atoms with Gasteiger partial charge >= 0.3 is 0 Å². The van der Waals surface area contributed by atoms with Crippen LogP contribution in [0.4, 0.5) is 22.7 Å². The van der Waals surface area contributed by atoms with E-state index in [0.717, 1.165) is 42.7 Å². The fraction of sp³-hybridized carbons (Fsp3) is 0.100. The third kappa shape index (κ3) is 6.62. The molecular formula is C60H48N4. The molecule has 0 aliphatic heterocycles. The van der Waals surface area contributed by atoms with Gasteiger partial charge in [0.05, 0.1) is 22.1 Å². The van der Waals surface area contributed by atoms with Crippen LogP contribution in [-0.4, -0.2) is 9.13 Å². The summed E-state index contributed by atoms with van der Waals surface area (Å²) in [6.07, 6.45) is 16.1. The van der Waals surface area contributed by atoms with Crippen molar-refractivity contribution in [3.05, 3.63) is 230 Å². The second kappa shape index (κ2) is 16.1. The van der Waals surface area contributed by atoms with Crippen LogP contribution in [0, 0.1) is 0 Å². The molecule has 12 rings (SSSR count). The van der Waals surface area contributed by atoms with Crippen LogP contribution in [0.1, 0.15) is 38.5 Å². The van der Waals surface area contributed by atoms with Crippen LogP contribution in [0.5, 0.6) is 0 Å². The summed E-state index contributed by atoms with van der Waals surface area (Å²) >= 11 is 0. The van der Waals surface area contributed by atoms with Crippen molar-refractivity contribution in [2.75, 3.05) is 9.80 Å². The normalized spacial score (nSPS) is 14.0. The Morgan fingerprint density at radius 1 is 0.344 bits per heavy atom. The summed E-state index contributed by atoms with van der Waals surface area (Å²) < 4.78 is 4.78. The van der Waals surface area contributed by atoms with Gasteiger partial charge in [-0.05, 0) is 153 Å². The average Bonchev–Trinajstić information content (AvgIpc) is 3.89. The highest BCUT2D eigenvalue weighted by Crippen LogP contribution is 2.40. The fourth-order valence-corrected chi connectivity index (χ4v) is 10.2. The molecule has 308 valence electrons. The number of rotatable bonds is 9. The van der Waals surface area contributed by atoms with Crippen LogP contribution in [0.3, 0.4) is 0 Å². The van der Waals surface area contributed by atoms with Gasteiger partial charge in [0.2, 0.25) is 0 Å². The molecule has 0 radical (unpaired) electrons. The molecule has 2 aliphatic rings. The molecule has 2 aliphatic carbocycles. The van der Waals surface area contributed by atoms with Gasteiger partial charge in [-0.1, -0.05) is 115 Å². The number of hydrogen-bond acceptors (Lipinski definition) is 2. The summed E-state index contributed by atoms with van der Waals surface area (Å²) in [7, 11) is 0. The average molecular weight is 825 g/mol. The third-order valence-corrected chi connectivity index (χ3v) is 13.3. The molecule has 4 heteroatoms. The zero-order chi connectivity index (χ0) is 42.4. The zero-order valence-electron chi connectivity index (χ0n) is 35.8. The maximum atomic E-state index is 2.47. The zero-order valence-corrected chi connectivity index (χ0v) is 35.8. The second-order valence-electron chi connectivity index (χ2n) is 17.1. The van der Waals surface area contributed by atoms with Gasteiger partial charge in [0.15, 0.2) is 0 Å². The van der Waals surface area contributed by atoms with Crippen molar-refractivity contribution >= 4 is 66.4 Å². The van der Waals surface area contributed by atoms with E-state index in [2.05, 4.69) is 237 Å². The van der Waals surface area contributed by atoms with E-state index in [1.807, 2.05) is 0 Å². The van der Waals surface area contributed by atoms with E-state index in [0.29, 0.717) is 0 Å². The smallest absolute Gasteiger partial charge is 0.0541 e. The Labute approximate surface area is 374 Å². The Kier molecular flexibility index (Phi) is 9.56. The van der Waals surface area contributed by atoms with E-state index in [4.69, 9.17) is 0 Å². The number of fused-ring (bicyclic) bond motifs is 6. The van der Waals surface area contributed by atoms with Crippen LogP contribution < -0.4 is 9.80 Å². The molecule has 0 saturated heterocycles. The molecule has 2 heterocycles. The minimum absolute atomic E-state index is 1.03. The third-order valence-electron chi connectivity index (χ3n) is 13.3. The quantitative estimate of drug-likeness (QED) is 0.144. The largest absolute Gasteiger partial charge is 0.315 e. The number of nitrogens with zero attached hydrogens (tertiary/aromatic N) is 4. The summed E-state index contributed by atoms with van der Waals surface area (Å²) in [5.41, 5.74) is 16.9. The van der Waals surface area contributed by atoms with Crippen molar-refractivity contribution < 1.29 is 0 Å². The maximum absolute atomic E-state index is 2.47. The molecule has 4 nitrogen and oxygen atoms in total. The molecule has 0 unspecified atom stereocenters. The number of para-hydroxylation sites is 4. The lowest BCUT2D eigenvalue weighted by molar-refractivity contribution is 0.691. The first kappa shape index (κ1) is 37.9. The van der Waals surface area contributed by atoms with Crippen LogP contribution in [0.25, 0.3) is 66.1 Å². The summed E-state index contributed by atoms with van der Waals surface area (Å²) in [5, 5.41) is 5.11. The van der Waals surface area contributed by atoms with Crippen LogP contribution in [0.2, 0.25) is 0 Å². The molecule has 64 heavy (non-hydrogen) atoms. The Morgan fingerprint density at radius 2 is 0.750 bits per heavy atom. The standard InChI is InChI=1S/C60H48N4/c1-3-15-45(16-4-1)61(49-35-39-51(40-36-49)63-57-23-11-7-19-53(57)54-20-8-12-24-58(54)63)47-31-27-43(28-32-47)44-29-33-48(34-30-44)62(46-17-5-2-6-18-46)50-37-41-52(42-38-50)64-59-25-13-9-21-55(59)56-22-10-14-26-60(56)64/h3,7-17,19-42H,1-2,4-6,18H2. The van der Waals surface area contributed by atoms with Crippen molar-refractivity contribution in [3.63, 3.8) is 0 Å². The molecular weight excluding hydrogens is 777 g/mol. The molecule has 8 aromatic carbocycles. The monoisotopic (exact) mass is 824 g/mol. The van der Waals surface area contributed by atoms with Crippen molar-refractivity contribution in [1.82, 2.24) is 9.13 Å². The highest BCUT2D eigenvalue weighted by atomic mass is 15.2. The Bertz CT molecular complexity index is 3310. The number of hydrogen-bond donors (Lipinski definition) is 0. The van der Waals surface area contributed by atoms with Gasteiger partial charge in [0, 0.05) is 67.1 Å². The van der Waals surface area contributed by atoms with Crippen molar-refractivity contribution in [1.29, 1.82) is 0 Å².